The van der Waals surface area contributed by atoms with E-state index in [1.165, 1.54) is 21.3 Å². The second-order valence-corrected chi connectivity index (χ2v) is 10.1. The van der Waals surface area contributed by atoms with Crippen LogP contribution in [0.4, 0.5) is 0 Å². The van der Waals surface area contributed by atoms with E-state index >= 15 is 0 Å². The highest BCUT2D eigenvalue weighted by Gasteiger charge is 2.32. The summed E-state index contributed by atoms with van der Waals surface area (Å²) in [5.41, 5.74) is 2.99. The summed E-state index contributed by atoms with van der Waals surface area (Å²) in [6.07, 6.45) is 2.62. The van der Waals surface area contributed by atoms with Crippen molar-refractivity contribution in [3.63, 3.8) is 0 Å². The Kier molecular flexibility index (Phi) is 7.44. The number of carbonyl (C=O) groups is 1. The summed E-state index contributed by atoms with van der Waals surface area (Å²) < 4.78 is 29.3. The molecule has 0 unspecified atom stereocenters. The molecule has 0 atom stereocenters. The molecule has 1 aromatic heterocycles. The number of halogens is 1. The van der Waals surface area contributed by atoms with Gasteiger partial charge in [0, 0.05) is 44.1 Å². The summed E-state index contributed by atoms with van der Waals surface area (Å²) >= 11 is 6.07. The number of hydrogen-bond acceptors (Lipinski definition) is 4. The SMILES string of the molecule is CCCn1c(C)cc(/C=C(\C#N)C(=O)N2CCN(S(=O)(=O)c3ccccc3Cl)CC2)c1C. The first-order valence-electron chi connectivity index (χ1n) is 10.5. The lowest BCUT2D eigenvalue weighted by atomic mass is 10.1. The van der Waals surface area contributed by atoms with Crippen molar-refractivity contribution < 1.29 is 13.2 Å². The molecule has 0 aliphatic carbocycles. The Labute approximate surface area is 194 Å². The quantitative estimate of drug-likeness (QED) is 0.472. The van der Waals surface area contributed by atoms with Crippen molar-refractivity contribution in [3.05, 3.63) is 57.9 Å². The average Bonchev–Trinajstić information content (AvgIpc) is 3.05. The van der Waals surface area contributed by atoms with Crippen LogP contribution in [0.1, 0.15) is 30.3 Å². The number of aryl methyl sites for hydroxylation is 1. The van der Waals surface area contributed by atoms with Crippen LogP contribution < -0.4 is 0 Å². The van der Waals surface area contributed by atoms with Gasteiger partial charge in [0.05, 0.1) is 5.02 Å². The van der Waals surface area contributed by atoms with Crippen molar-refractivity contribution in [1.29, 1.82) is 5.26 Å². The predicted octanol–water partition coefficient (Wildman–Crippen LogP) is 3.61. The van der Waals surface area contributed by atoms with Gasteiger partial charge in [0.15, 0.2) is 0 Å². The van der Waals surface area contributed by atoms with Crippen LogP contribution in [0.15, 0.2) is 40.8 Å². The summed E-state index contributed by atoms with van der Waals surface area (Å²) in [7, 11) is -3.75. The van der Waals surface area contributed by atoms with Crippen molar-refractivity contribution in [2.24, 2.45) is 0 Å². The summed E-state index contributed by atoms with van der Waals surface area (Å²) in [5, 5.41) is 9.79. The van der Waals surface area contributed by atoms with Crippen molar-refractivity contribution in [2.75, 3.05) is 26.2 Å². The number of aromatic nitrogens is 1. The Morgan fingerprint density at radius 2 is 1.84 bits per heavy atom. The third-order valence-electron chi connectivity index (χ3n) is 5.69. The van der Waals surface area contributed by atoms with Crippen molar-refractivity contribution in [3.8, 4) is 6.07 Å². The minimum Gasteiger partial charge on any atom is -0.349 e. The second-order valence-electron chi connectivity index (χ2n) is 7.77. The van der Waals surface area contributed by atoms with Crippen LogP contribution >= 0.6 is 11.6 Å². The maximum Gasteiger partial charge on any atom is 0.264 e. The molecule has 2 aromatic rings. The smallest absolute Gasteiger partial charge is 0.264 e. The molecule has 0 radical (unpaired) electrons. The first-order chi connectivity index (χ1) is 15.2. The van der Waals surface area contributed by atoms with Gasteiger partial charge in [-0.15, -0.1) is 0 Å². The van der Waals surface area contributed by atoms with Gasteiger partial charge >= 0.3 is 0 Å². The number of carbonyl (C=O) groups excluding carboxylic acids is 1. The zero-order valence-electron chi connectivity index (χ0n) is 18.5. The van der Waals surface area contributed by atoms with Crippen LogP contribution in [0.25, 0.3) is 6.08 Å². The molecule has 9 heteroatoms. The van der Waals surface area contributed by atoms with Gasteiger partial charge in [-0.1, -0.05) is 30.7 Å². The Bertz CT molecular complexity index is 1190. The Balaban J connectivity index is 1.75. The number of rotatable bonds is 6. The molecule has 1 amide bonds. The third-order valence-corrected chi connectivity index (χ3v) is 8.09. The largest absolute Gasteiger partial charge is 0.349 e. The van der Waals surface area contributed by atoms with Gasteiger partial charge in [-0.25, -0.2) is 8.42 Å². The minimum absolute atomic E-state index is 0.0455. The summed E-state index contributed by atoms with van der Waals surface area (Å²) in [4.78, 5) is 14.6. The van der Waals surface area contributed by atoms with Crippen molar-refractivity contribution in [1.82, 2.24) is 13.8 Å². The number of sulfonamides is 1. The molecule has 7 nitrogen and oxygen atoms in total. The molecule has 3 rings (SSSR count). The molecule has 32 heavy (non-hydrogen) atoms. The van der Waals surface area contributed by atoms with E-state index in [0.29, 0.717) is 0 Å². The lowest BCUT2D eigenvalue weighted by molar-refractivity contribution is -0.127. The zero-order chi connectivity index (χ0) is 23.5. The number of hydrogen-bond donors (Lipinski definition) is 0. The number of benzene rings is 1. The summed E-state index contributed by atoms with van der Waals surface area (Å²) in [6.45, 7) is 7.66. The first kappa shape index (κ1) is 24.1. The Morgan fingerprint density at radius 3 is 2.44 bits per heavy atom. The van der Waals surface area contributed by atoms with E-state index in [9.17, 15) is 18.5 Å². The van der Waals surface area contributed by atoms with Crippen LogP contribution in [0.5, 0.6) is 0 Å². The second kappa shape index (κ2) is 9.90. The van der Waals surface area contributed by atoms with E-state index in [0.717, 1.165) is 29.9 Å². The van der Waals surface area contributed by atoms with Crippen LogP contribution in [-0.4, -0.2) is 54.3 Å². The zero-order valence-corrected chi connectivity index (χ0v) is 20.1. The first-order valence-corrected chi connectivity index (χ1v) is 12.3. The van der Waals surface area contributed by atoms with E-state index in [-0.39, 0.29) is 47.6 Å². The summed E-state index contributed by atoms with van der Waals surface area (Å²) in [5.74, 6) is -0.386. The van der Waals surface area contributed by atoms with Crippen molar-refractivity contribution in [2.45, 2.75) is 38.6 Å². The van der Waals surface area contributed by atoms with E-state index in [4.69, 9.17) is 11.6 Å². The van der Waals surface area contributed by atoms with Gasteiger partial charge in [-0.05, 0) is 50.1 Å². The molecule has 0 spiro atoms. The van der Waals surface area contributed by atoms with E-state index in [1.807, 2.05) is 26.0 Å². The number of nitriles is 1. The van der Waals surface area contributed by atoms with Crippen LogP contribution in [0.2, 0.25) is 5.02 Å². The topological polar surface area (TPSA) is 86.4 Å². The maximum atomic E-state index is 13.0. The molecule has 2 heterocycles. The fraction of sp³-hybridized carbons (Fsp3) is 0.391. The van der Waals surface area contributed by atoms with Gasteiger partial charge < -0.3 is 9.47 Å². The average molecular weight is 475 g/mol. The highest BCUT2D eigenvalue weighted by Crippen LogP contribution is 2.25. The van der Waals surface area contributed by atoms with Gasteiger partial charge in [-0.2, -0.15) is 9.57 Å². The highest BCUT2D eigenvalue weighted by molar-refractivity contribution is 7.89. The molecular formula is C23H27ClN4O3S. The molecule has 1 aliphatic heterocycles. The van der Waals surface area contributed by atoms with E-state index in [1.54, 1.807) is 18.2 Å². The molecule has 1 fully saturated rings. The van der Waals surface area contributed by atoms with Crippen LogP contribution in [-0.2, 0) is 21.4 Å². The van der Waals surface area contributed by atoms with E-state index in [2.05, 4.69) is 11.5 Å². The Hall–Kier alpha value is -2.60. The third kappa shape index (κ3) is 4.75. The van der Waals surface area contributed by atoms with Crippen molar-refractivity contribution >= 4 is 33.6 Å². The standard InChI is InChI=1S/C23H27ClN4O3S/c1-4-9-28-17(2)14-19(18(28)3)15-20(16-25)23(29)26-10-12-27(13-11-26)32(30,31)22-8-6-5-7-21(22)24/h5-8,14-15H,4,9-13H2,1-3H3/b20-15+. The lowest BCUT2D eigenvalue weighted by Crippen LogP contribution is -2.50. The molecule has 1 aromatic carbocycles. The molecular weight excluding hydrogens is 448 g/mol. The molecule has 0 saturated carbocycles. The maximum absolute atomic E-state index is 13.0. The minimum atomic E-state index is -3.75. The van der Waals surface area contributed by atoms with Gasteiger partial charge in [-0.3, -0.25) is 4.79 Å². The fourth-order valence-corrected chi connectivity index (χ4v) is 5.85. The molecule has 0 bridgehead atoms. The van der Waals surface area contributed by atoms with Gasteiger partial charge in [0.1, 0.15) is 16.5 Å². The van der Waals surface area contributed by atoms with Gasteiger partial charge in [0.2, 0.25) is 10.0 Å². The number of amides is 1. The normalized spacial score (nSPS) is 15.6. The predicted molar refractivity (Wildman–Crippen MR) is 125 cm³/mol. The summed E-state index contributed by atoms with van der Waals surface area (Å²) in [6, 6.07) is 10.3. The molecule has 1 aliphatic rings. The molecule has 170 valence electrons. The number of nitrogens with zero attached hydrogens (tertiary/aromatic N) is 4. The monoisotopic (exact) mass is 474 g/mol. The fourth-order valence-electron chi connectivity index (χ4n) is 3.93. The Morgan fingerprint density at radius 1 is 1.19 bits per heavy atom. The number of piperazine rings is 1. The van der Waals surface area contributed by atoms with Gasteiger partial charge in [0.25, 0.3) is 5.91 Å². The lowest BCUT2D eigenvalue weighted by Gasteiger charge is -2.34. The van der Waals surface area contributed by atoms with Crippen LogP contribution in [0.3, 0.4) is 0 Å². The van der Waals surface area contributed by atoms with Crippen LogP contribution in [0, 0.1) is 25.2 Å². The highest BCUT2D eigenvalue weighted by atomic mass is 35.5. The van der Waals surface area contributed by atoms with E-state index < -0.39 is 10.0 Å². The molecule has 0 N–H and O–H groups in total. The molecule has 1 saturated heterocycles.